The molecule has 0 bridgehead atoms. The summed E-state index contributed by atoms with van der Waals surface area (Å²) in [6.45, 7) is 0. The molecule has 3 aromatic carbocycles. The summed E-state index contributed by atoms with van der Waals surface area (Å²) < 4.78 is 0. The number of hydrogen-bond donors (Lipinski definition) is 4. The number of carboxylic acids is 4. The average molecular weight is 455 g/mol. The van der Waals surface area contributed by atoms with Crippen molar-refractivity contribution in [2.45, 2.75) is 0 Å². The van der Waals surface area contributed by atoms with Gasteiger partial charge in [-0.2, -0.15) is 0 Å². The summed E-state index contributed by atoms with van der Waals surface area (Å²) in [5.41, 5.74) is 0.470. The number of non-ortho nitro benzene ring substituents is 1. The summed E-state index contributed by atoms with van der Waals surface area (Å²) in [5.74, 6) is -4.25. The Morgan fingerprint density at radius 3 is 0.909 bits per heavy atom. The highest BCUT2D eigenvalue weighted by Gasteiger charge is 2.06. The van der Waals surface area contributed by atoms with Crippen LogP contribution in [0.25, 0.3) is 0 Å². The molecule has 0 atom stereocenters. The van der Waals surface area contributed by atoms with E-state index in [4.69, 9.17) is 20.4 Å². The Bertz CT molecular complexity index is 991. The molecule has 0 spiro atoms. The number of hydrogen-bond acceptors (Lipinski definition) is 6. The third-order valence-electron chi connectivity index (χ3n) is 3.72. The van der Waals surface area contributed by atoms with Gasteiger partial charge < -0.3 is 20.4 Å². The van der Waals surface area contributed by atoms with Crippen LogP contribution < -0.4 is 0 Å². The maximum atomic E-state index is 10.3. The minimum absolute atomic E-state index is 0.0833. The molecule has 170 valence electrons. The van der Waals surface area contributed by atoms with E-state index < -0.39 is 28.8 Å². The van der Waals surface area contributed by atoms with Gasteiger partial charge in [-0.05, 0) is 48.5 Å². The molecule has 11 nitrogen and oxygen atoms in total. The molecular formula is C22H17NO10. The highest BCUT2D eigenvalue weighted by molar-refractivity contribution is 5.92. The molecule has 33 heavy (non-hydrogen) atoms. The van der Waals surface area contributed by atoms with Crippen LogP contribution in [0, 0.1) is 10.1 Å². The number of nitro groups is 1. The second-order valence-electron chi connectivity index (χ2n) is 5.97. The number of carboxylic acid groups (broad SMARTS) is 4. The first-order valence-corrected chi connectivity index (χ1v) is 8.85. The fourth-order valence-electron chi connectivity index (χ4n) is 2.06. The standard InChI is InChI=1S/2C8H6O4.C6H5NO2/c2*9-7(10)5-1-2-6(4-3-5)8(11)12;8-7(9)6-4-2-1-3-5-6/h2*1-4H,(H,9,10)(H,11,12);1-5H. The van der Waals surface area contributed by atoms with Gasteiger partial charge in [0.1, 0.15) is 0 Å². The average Bonchev–Trinajstić information content (AvgIpc) is 2.80. The molecule has 0 aliphatic heterocycles. The summed E-state index contributed by atoms with van der Waals surface area (Å²) in [6, 6.07) is 18.0. The molecule has 0 fully saturated rings. The van der Waals surface area contributed by atoms with E-state index >= 15 is 0 Å². The lowest BCUT2D eigenvalue weighted by Gasteiger charge is -1.94. The Morgan fingerprint density at radius 1 is 0.515 bits per heavy atom. The zero-order valence-electron chi connectivity index (χ0n) is 16.7. The van der Waals surface area contributed by atoms with Crippen molar-refractivity contribution in [1.82, 2.24) is 0 Å². The molecule has 0 radical (unpaired) electrons. The van der Waals surface area contributed by atoms with E-state index in [1.807, 2.05) is 0 Å². The quantitative estimate of drug-likeness (QED) is 0.325. The van der Waals surface area contributed by atoms with E-state index in [9.17, 15) is 29.3 Å². The van der Waals surface area contributed by atoms with Crippen LogP contribution in [0.1, 0.15) is 41.4 Å². The Kier molecular flexibility index (Phi) is 9.91. The van der Waals surface area contributed by atoms with Crippen LogP contribution in [-0.4, -0.2) is 49.2 Å². The van der Waals surface area contributed by atoms with Crippen molar-refractivity contribution in [1.29, 1.82) is 0 Å². The minimum Gasteiger partial charge on any atom is -0.478 e. The molecule has 3 aromatic rings. The molecule has 0 saturated heterocycles. The largest absolute Gasteiger partial charge is 0.478 e. The van der Waals surface area contributed by atoms with Gasteiger partial charge in [0, 0.05) is 12.1 Å². The number of carbonyl (C=O) groups is 4. The highest BCUT2D eigenvalue weighted by Crippen LogP contribution is 2.07. The second-order valence-corrected chi connectivity index (χ2v) is 5.97. The van der Waals surface area contributed by atoms with Crippen molar-refractivity contribution in [3.05, 3.63) is 111 Å². The summed E-state index contributed by atoms with van der Waals surface area (Å²) in [5, 5.41) is 43.9. The maximum absolute atomic E-state index is 10.3. The van der Waals surface area contributed by atoms with E-state index in [1.165, 1.54) is 60.7 Å². The summed E-state index contributed by atoms with van der Waals surface area (Å²) in [4.78, 5) is 50.9. The van der Waals surface area contributed by atoms with Crippen molar-refractivity contribution >= 4 is 29.6 Å². The Hall–Kier alpha value is -5.06. The Labute approximate surface area is 185 Å². The van der Waals surface area contributed by atoms with E-state index in [-0.39, 0.29) is 27.9 Å². The molecule has 3 rings (SSSR count). The summed E-state index contributed by atoms with van der Waals surface area (Å²) in [7, 11) is 0. The molecule has 0 aliphatic rings. The molecule has 0 unspecified atom stereocenters. The van der Waals surface area contributed by atoms with Crippen LogP contribution in [0.4, 0.5) is 5.69 Å². The fourth-order valence-corrected chi connectivity index (χ4v) is 2.06. The minimum atomic E-state index is -1.06. The smallest absolute Gasteiger partial charge is 0.335 e. The first kappa shape index (κ1) is 26.0. The van der Waals surface area contributed by atoms with Crippen LogP contribution in [-0.2, 0) is 0 Å². The molecule has 0 saturated carbocycles. The van der Waals surface area contributed by atoms with Crippen LogP contribution >= 0.6 is 0 Å². The predicted octanol–water partition coefficient (Wildman–Crippen LogP) is 3.76. The van der Waals surface area contributed by atoms with Crippen LogP contribution in [0.15, 0.2) is 78.9 Å². The van der Waals surface area contributed by atoms with Gasteiger partial charge in [0.15, 0.2) is 0 Å². The molecule has 11 heteroatoms. The van der Waals surface area contributed by atoms with Crippen LogP contribution in [0.2, 0.25) is 0 Å². The lowest BCUT2D eigenvalue weighted by atomic mass is 10.1. The zero-order valence-corrected chi connectivity index (χ0v) is 16.7. The van der Waals surface area contributed by atoms with Gasteiger partial charge in [0.05, 0.1) is 27.2 Å². The Morgan fingerprint density at radius 2 is 0.758 bits per heavy atom. The van der Waals surface area contributed by atoms with E-state index in [0.717, 1.165) is 0 Å². The van der Waals surface area contributed by atoms with Gasteiger partial charge in [-0.15, -0.1) is 0 Å². The molecule has 0 amide bonds. The predicted molar refractivity (Wildman–Crippen MR) is 114 cm³/mol. The third-order valence-corrected chi connectivity index (χ3v) is 3.72. The number of aromatic carboxylic acids is 4. The highest BCUT2D eigenvalue weighted by atomic mass is 16.6. The number of nitrogens with zero attached hydrogens (tertiary/aromatic N) is 1. The van der Waals surface area contributed by atoms with E-state index in [0.29, 0.717) is 0 Å². The zero-order chi connectivity index (χ0) is 25.0. The van der Waals surface area contributed by atoms with E-state index in [1.54, 1.807) is 18.2 Å². The molecule has 0 aromatic heterocycles. The Balaban J connectivity index is 0.000000250. The lowest BCUT2D eigenvalue weighted by Crippen LogP contribution is -1.99. The normalized spacial score (nSPS) is 9.21. The molecular weight excluding hydrogens is 438 g/mol. The third kappa shape index (κ3) is 9.09. The number of rotatable bonds is 5. The van der Waals surface area contributed by atoms with Gasteiger partial charge in [0.2, 0.25) is 0 Å². The van der Waals surface area contributed by atoms with Crippen molar-refractivity contribution in [3.63, 3.8) is 0 Å². The summed E-state index contributed by atoms with van der Waals surface area (Å²) >= 11 is 0. The van der Waals surface area contributed by atoms with Crippen molar-refractivity contribution in [2.75, 3.05) is 0 Å². The second kappa shape index (κ2) is 12.6. The topological polar surface area (TPSA) is 192 Å². The fraction of sp³-hybridized carbons (Fsp3) is 0. The van der Waals surface area contributed by atoms with Gasteiger partial charge in [0.25, 0.3) is 5.69 Å². The molecule has 0 heterocycles. The molecule has 4 N–H and O–H groups in total. The van der Waals surface area contributed by atoms with Gasteiger partial charge >= 0.3 is 23.9 Å². The van der Waals surface area contributed by atoms with Crippen molar-refractivity contribution in [3.8, 4) is 0 Å². The van der Waals surface area contributed by atoms with Gasteiger partial charge in [-0.25, -0.2) is 19.2 Å². The summed E-state index contributed by atoms with van der Waals surface area (Å²) in [6.07, 6.45) is 0. The van der Waals surface area contributed by atoms with Crippen LogP contribution in [0.5, 0.6) is 0 Å². The van der Waals surface area contributed by atoms with Crippen LogP contribution in [0.3, 0.4) is 0 Å². The van der Waals surface area contributed by atoms with Gasteiger partial charge in [-0.1, -0.05) is 18.2 Å². The monoisotopic (exact) mass is 455 g/mol. The lowest BCUT2D eigenvalue weighted by molar-refractivity contribution is -0.384. The first-order chi connectivity index (χ1) is 15.5. The number of benzene rings is 3. The van der Waals surface area contributed by atoms with Gasteiger partial charge in [-0.3, -0.25) is 10.1 Å². The number of nitro benzene ring substituents is 1. The van der Waals surface area contributed by atoms with E-state index in [2.05, 4.69) is 0 Å². The SMILES string of the molecule is O=C(O)c1ccc(C(=O)O)cc1.O=C(O)c1ccc(C(=O)O)cc1.O=[N+]([O-])c1ccccc1. The molecule has 0 aliphatic carbocycles. The number of para-hydroxylation sites is 1. The maximum Gasteiger partial charge on any atom is 0.335 e. The van der Waals surface area contributed by atoms with Crippen molar-refractivity contribution in [2.24, 2.45) is 0 Å². The van der Waals surface area contributed by atoms with Crippen molar-refractivity contribution < 1.29 is 44.5 Å². The first-order valence-electron chi connectivity index (χ1n) is 8.85.